The van der Waals surface area contributed by atoms with Crippen LogP contribution >= 0.6 is 0 Å². The summed E-state index contributed by atoms with van der Waals surface area (Å²) in [6.07, 6.45) is 0. The average Bonchev–Trinajstić information content (AvgIpc) is 1.41. The van der Waals surface area contributed by atoms with Crippen LogP contribution < -0.4 is 0 Å². The van der Waals surface area contributed by atoms with E-state index in [1.807, 2.05) is 23.3 Å². The molecule has 0 atom stereocenters. The quantitative estimate of drug-likeness (QED) is 0.426. The van der Waals surface area contributed by atoms with Gasteiger partial charge >= 0.3 is 23.3 Å². The first-order chi connectivity index (χ1) is 2.73. The van der Waals surface area contributed by atoms with E-state index >= 15 is 0 Å². The first kappa shape index (κ1) is 9.42. The Bertz CT molecular complexity index is 31.8. The summed E-state index contributed by atoms with van der Waals surface area (Å²) in [7, 11) is 0. The van der Waals surface area contributed by atoms with Crippen molar-refractivity contribution in [1.82, 2.24) is 0 Å². The molecule has 0 amide bonds. The molecule has 0 aliphatic carbocycles. The summed E-state index contributed by atoms with van der Waals surface area (Å²) in [5, 5.41) is 7.42. The second kappa shape index (κ2) is 8.91. The van der Waals surface area contributed by atoms with Gasteiger partial charge in [0.25, 0.3) is 5.97 Å². The molecule has 1 N–H and O–H groups in total. The monoisotopic (exact) mass is 82.1 g/mol. The molecule has 0 unspecified atom stereocenters. The molecule has 0 saturated carbocycles. The van der Waals surface area contributed by atoms with E-state index in [-0.39, 0.29) is 0 Å². The third-order valence-electron chi connectivity index (χ3n) is 0. The molecular formula is C3H7LiO2. The van der Waals surface area contributed by atoms with Crippen molar-refractivity contribution >= 4 is 23.7 Å². The van der Waals surface area contributed by atoms with Crippen molar-refractivity contribution in [3.8, 4) is 0 Å². The Morgan fingerprint density at radius 3 is 1.67 bits per heavy atom. The minimum atomic E-state index is -0.833. The summed E-state index contributed by atoms with van der Waals surface area (Å²) in [6, 6.07) is 0. The van der Waals surface area contributed by atoms with E-state index in [0.29, 0.717) is 0 Å². The van der Waals surface area contributed by atoms with E-state index in [1.54, 1.807) is 0 Å². The van der Waals surface area contributed by atoms with Crippen molar-refractivity contribution in [3.05, 3.63) is 0 Å². The molecule has 0 aromatic carbocycles. The van der Waals surface area contributed by atoms with E-state index in [1.165, 1.54) is 0 Å². The Kier molecular flexibility index (Phi) is 14.0. The molecule has 32 valence electrons. The van der Waals surface area contributed by atoms with Gasteiger partial charge < -0.3 is 5.11 Å². The first-order valence-corrected chi connectivity index (χ1v) is 1.93. The van der Waals surface area contributed by atoms with Crippen LogP contribution in [0.25, 0.3) is 0 Å². The molecule has 3 heteroatoms. The summed E-state index contributed by atoms with van der Waals surface area (Å²) in [4.78, 5) is 9.00. The van der Waals surface area contributed by atoms with Crippen LogP contribution in [-0.2, 0) is 4.79 Å². The van der Waals surface area contributed by atoms with Crippen LogP contribution in [0.5, 0.6) is 0 Å². The molecular weight excluding hydrogens is 75.0 g/mol. The Morgan fingerprint density at radius 1 is 1.67 bits per heavy atom. The van der Waals surface area contributed by atoms with Crippen molar-refractivity contribution in [2.75, 3.05) is 0 Å². The maximum atomic E-state index is 9.00. The molecule has 0 rings (SSSR count). The van der Waals surface area contributed by atoms with Crippen LogP contribution in [0.2, 0.25) is 5.60 Å². The van der Waals surface area contributed by atoms with Crippen molar-refractivity contribution in [2.45, 2.75) is 12.5 Å². The molecule has 0 aromatic rings. The number of carbonyl (C=O) groups is 1. The van der Waals surface area contributed by atoms with E-state index in [4.69, 9.17) is 9.90 Å². The van der Waals surface area contributed by atoms with Crippen molar-refractivity contribution < 1.29 is 9.90 Å². The van der Waals surface area contributed by atoms with Crippen molar-refractivity contribution in [1.29, 1.82) is 0 Å². The van der Waals surface area contributed by atoms with Crippen molar-refractivity contribution in [2.24, 2.45) is 0 Å². The Morgan fingerprint density at radius 2 is 1.67 bits per heavy atom. The number of aliphatic carboxylic acids is 1. The van der Waals surface area contributed by atoms with Gasteiger partial charge in [-0.15, -0.1) is 0 Å². The summed E-state index contributed by atoms with van der Waals surface area (Å²) >= 11 is 2.00. The molecule has 0 aromatic heterocycles. The molecule has 0 aliphatic rings. The summed E-state index contributed by atoms with van der Waals surface area (Å²) in [5.74, 6) is -0.833. The molecule has 0 radical (unpaired) electrons. The van der Waals surface area contributed by atoms with E-state index < -0.39 is 5.97 Å². The fraction of sp³-hybridized carbons (Fsp3) is 0.667. The van der Waals surface area contributed by atoms with Gasteiger partial charge in [-0.1, -0.05) is 0 Å². The molecule has 0 aliphatic heterocycles. The van der Waals surface area contributed by atoms with Crippen LogP contribution in [-0.4, -0.2) is 28.8 Å². The number of carboxylic acids is 1. The molecule has 0 spiro atoms. The van der Waals surface area contributed by atoms with Gasteiger partial charge in [0.05, 0.1) is 0 Å². The molecule has 0 saturated heterocycles. The number of carboxylic acid groups (broad SMARTS) is 1. The van der Waals surface area contributed by atoms with Gasteiger partial charge in [0, 0.05) is 6.92 Å². The number of hydrogen-bond acceptors (Lipinski definition) is 1. The van der Waals surface area contributed by atoms with E-state index in [9.17, 15) is 0 Å². The third kappa shape index (κ3) is 8420. The Balaban J connectivity index is 0. The molecule has 6 heavy (non-hydrogen) atoms. The predicted molar refractivity (Wildman–Crippen MR) is 24.9 cm³/mol. The summed E-state index contributed by atoms with van der Waals surface area (Å²) < 4.78 is 0. The number of hydrogen-bond donors (Lipinski definition) is 1. The average molecular weight is 82.0 g/mol. The zero-order valence-corrected chi connectivity index (χ0v) is 4.36. The van der Waals surface area contributed by atoms with E-state index in [2.05, 4.69) is 0 Å². The van der Waals surface area contributed by atoms with Gasteiger partial charge in [0.15, 0.2) is 0 Å². The number of rotatable bonds is 0. The zero-order chi connectivity index (χ0) is 5.58. The molecule has 0 fully saturated rings. The standard InChI is InChI=1S/C2H4O2.CH3.Li/c1-2(3)4;;/h1H3,(H,3,4);1H3;. The van der Waals surface area contributed by atoms with Crippen LogP contribution in [0.3, 0.4) is 0 Å². The molecule has 2 nitrogen and oxygen atoms in total. The van der Waals surface area contributed by atoms with Gasteiger partial charge in [-0.05, 0) is 0 Å². The fourth-order valence-electron chi connectivity index (χ4n) is 0. The molecule has 0 heterocycles. The third-order valence-corrected chi connectivity index (χ3v) is 0. The minimum absolute atomic E-state index is 0.833. The predicted octanol–water partition coefficient (Wildman–Crippen LogP) is 0.294. The van der Waals surface area contributed by atoms with E-state index in [0.717, 1.165) is 6.92 Å². The zero-order valence-electron chi connectivity index (χ0n) is 4.36. The normalized spacial score (nSPS) is 5.33. The summed E-state index contributed by atoms with van der Waals surface area (Å²) in [6.45, 7) is 1.08. The SMILES string of the molecule is CC(=O)O.[Li][CH3]. The second-order valence-electron chi connectivity index (χ2n) is 0.519. The maximum absolute atomic E-state index is 9.00. The van der Waals surface area contributed by atoms with Gasteiger partial charge in [-0.25, -0.2) is 0 Å². The van der Waals surface area contributed by atoms with Gasteiger partial charge in [0.1, 0.15) is 0 Å². The molecule has 0 bridgehead atoms. The van der Waals surface area contributed by atoms with Crippen LogP contribution in [0, 0.1) is 0 Å². The Labute approximate surface area is 46.8 Å². The Hall–Kier alpha value is 0.0674. The van der Waals surface area contributed by atoms with Crippen LogP contribution in [0.1, 0.15) is 6.92 Å². The first-order valence-electron chi connectivity index (χ1n) is 1.93. The van der Waals surface area contributed by atoms with Gasteiger partial charge in [0.2, 0.25) is 0 Å². The summed E-state index contributed by atoms with van der Waals surface area (Å²) in [5.41, 5.74) is 2.00. The fourth-order valence-corrected chi connectivity index (χ4v) is 0. The van der Waals surface area contributed by atoms with Gasteiger partial charge in [-0.3, -0.25) is 4.79 Å². The van der Waals surface area contributed by atoms with Crippen molar-refractivity contribution in [3.63, 3.8) is 0 Å². The van der Waals surface area contributed by atoms with Gasteiger partial charge in [-0.2, -0.15) is 0 Å². The topological polar surface area (TPSA) is 37.3 Å². The second-order valence-corrected chi connectivity index (χ2v) is 0.519. The van der Waals surface area contributed by atoms with Crippen LogP contribution in [0.4, 0.5) is 0 Å². The van der Waals surface area contributed by atoms with Crippen LogP contribution in [0.15, 0.2) is 0 Å².